The van der Waals surface area contributed by atoms with Gasteiger partial charge in [-0.2, -0.15) is 0 Å². The number of aryl methyl sites for hydroxylation is 1. The number of methoxy groups -OCH3 is 3. The third-order valence-corrected chi connectivity index (χ3v) is 6.69. The molecule has 0 atom stereocenters. The number of amides is 1. The summed E-state index contributed by atoms with van der Waals surface area (Å²) in [5, 5.41) is 2.61. The highest BCUT2D eigenvalue weighted by atomic mass is 32.2. The van der Waals surface area contributed by atoms with E-state index < -0.39 is 21.9 Å². The second-order valence-electron chi connectivity index (χ2n) is 8.33. The van der Waals surface area contributed by atoms with Gasteiger partial charge < -0.3 is 24.3 Å². The number of carbonyl (C=O) groups is 2. The molecule has 0 aromatic heterocycles. The summed E-state index contributed by atoms with van der Waals surface area (Å²) in [6.07, 6.45) is 1.15. The maximum absolute atomic E-state index is 12.6. The highest BCUT2D eigenvalue weighted by Gasteiger charge is 2.20. The van der Waals surface area contributed by atoms with Crippen LogP contribution >= 0.6 is 0 Å². The first kappa shape index (κ1) is 28.3. The van der Waals surface area contributed by atoms with Crippen LogP contribution in [0.2, 0.25) is 0 Å². The van der Waals surface area contributed by atoms with Crippen LogP contribution in [0.25, 0.3) is 0 Å². The van der Waals surface area contributed by atoms with E-state index in [1.54, 1.807) is 24.3 Å². The molecule has 11 heteroatoms. The summed E-state index contributed by atoms with van der Waals surface area (Å²) in [6, 6.07) is 16.8. The number of sulfonamides is 1. The molecule has 1 N–H and O–H groups in total. The van der Waals surface area contributed by atoms with Gasteiger partial charge in [-0.05, 0) is 36.8 Å². The van der Waals surface area contributed by atoms with Gasteiger partial charge in [0.25, 0.3) is 5.91 Å². The fourth-order valence-electron chi connectivity index (χ4n) is 3.56. The van der Waals surface area contributed by atoms with Gasteiger partial charge in [0.05, 0.1) is 51.1 Å². The molecule has 0 saturated carbocycles. The number of hydrogen-bond donors (Lipinski definition) is 1. The van der Waals surface area contributed by atoms with Crippen LogP contribution in [-0.4, -0.2) is 54.5 Å². The lowest BCUT2D eigenvalue weighted by Gasteiger charge is -2.23. The molecule has 3 rings (SSSR count). The fraction of sp³-hybridized carbons (Fsp3) is 0.259. The number of anilines is 2. The Balaban J connectivity index is 1.70. The summed E-state index contributed by atoms with van der Waals surface area (Å²) in [7, 11) is 0.528. The summed E-state index contributed by atoms with van der Waals surface area (Å²) >= 11 is 0. The topological polar surface area (TPSA) is 120 Å². The van der Waals surface area contributed by atoms with Crippen molar-refractivity contribution in [3.63, 3.8) is 0 Å². The van der Waals surface area contributed by atoms with Crippen molar-refractivity contribution in [1.29, 1.82) is 0 Å². The molecule has 0 aliphatic carbocycles. The van der Waals surface area contributed by atoms with Crippen molar-refractivity contribution in [2.45, 2.75) is 13.5 Å². The van der Waals surface area contributed by atoms with Crippen LogP contribution in [0.15, 0.2) is 60.7 Å². The quantitative estimate of drug-likeness (QED) is 0.364. The predicted octanol–water partition coefficient (Wildman–Crippen LogP) is 3.78. The van der Waals surface area contributed by atoms with Crippen LogP contribution in [0, 0.1) is 6.92 Å². The molecule has 0 heterocycles. The van der Waals surface area contributed by atoms with Gasteiger partial charge in [0.1, 0.15) is 5.75 Å². The lowest BCUT2D eigenvalue weighted by Crippen LogP contribution is -2.29. The van der Waals surface area contributed by atoms with E-state index in [1.807, 2.05) is 31.2 Å². The molecule has 10 nitrogen and oxygen atoms in total. The third-order valence-electron chi connectivity index (χ3n) is 5.54. The number of ether oxygens (including phenoxy) is 4. The van der Waals surface area contributed by atoms with E-state index in [0.717, 1.165) is 17.4 Å². The number of rotatable bonds is 11. The summed E-state index contributed by atoms with van der Waals surface area (Å²) < 4.78 is 47.0. The third kappa shape index (κ3) is 7.16. The molecule has 202 valence electrons. The minimum absolute atomic E-state index is 0.0808. The van der Waals surface area contributed by atoms with Gasteiger partial charge in [-0.3, -0.25) is 9.10 Å². The van der Waals surface area contributed by atoms with Gasteiger partial charge in [0, 0.05) is 12.1 Å². The Morgan fingerprint density at radius 2 is 1.50 bits per heavy atom. The number of carbonyl (C=O) groups excluding carboxylic acids is 2. The molecule has 0 unspecified atom stereocenters. The van der Waals surface area contributed by atoms with Gasteiger partial charge in [-0.25, -0.2) is 13.2 Å². The molecule has 3 aromatic rings. The molecule has 0 aliphatic rings. The van der Waals surface area contributed by atoms with Crippen LogP contribution in [0.5, 0.6) is 17.2 Å². The zero-order chi connectivity index (χ0) is 27.9. The van der Waals surface area contributed by atoms with Gasteiger partial charge in [-0.1, -0.05) is 29.8 Å². The summed E-state index contributed by atoms with van der Waals surface area (Å²) in [6.45, 7) is 1.77. The smallest absolute Gasteiger partial charge is 0.340 e. The second kappa shape index (κ2) is 12.3. The molecule has 1 amide bonds. The molecule has 38 heavy (non-hydrogen) atoms. The van der Waals surface area contributed by atoms with Crippen molar-refractivity contribution in [3.05, 3.63) is 77.4 Å². The molecule has 0 bridgehead atoms. The number of nitrogens with zero attached hydrogens (tertiary/aromatic N) is 1. The lowest BCUT2D eigenvalue weighted by molar-refractivity contribution is -0.118. The van der Waals surface area contributed by atoms with E-state index in [0.29, 0.717) is 22.9 Å². The monoisotopic (exact) mass is 542 g/mol. The average molecular weight is 543 g/mol. The van der Waals surface area contributed by atoms with E-state index in [4.69, 9.17) is 18.9 Å². The largest absolute Gasteiger partial charge is 0.493 e. The molecule has 0 aliphatic heterocycles. The van der Waals surface area contributed by atoms with Crippen molar-refractivity contribution in [2.75, 3.05) is 43.8 Å². The SMILES string of the molecule is COC(=O)c1cc(OC)c(OC)cc1NC(=O)COc1ccc(N(Cc2ccc(C)cc2)S(C)(=O)=O)cc1. The highest BCUT2D eigenvalue weighted by Crippen LogP contribution is 2.34. The number of esters is 1. The Bertz CT molecular complexity index is 1390. The first-order chi connectivity index (χ1) is 18.0. The molecule has 0 fully saturated rings. The Labute approximate surface area is 222 Å². The zero-order valence-electron chi connectivity index (χ0n) is 21.8. The van der Waals surface area contributed by atoms with Gasteiger partial charge in [-0.15, -0.1) is 0 Å². The lowest BCUT2D eigenvalue weighted by atomic mass is 10.1. The normalized spacial score (nSPS) is 10.9. The van der Waals surface area contributed by atoms with Crippen molar-refractivity contribution >= 4 is 33.3 Å². The van der Waals surface area contributed by atoms with E-state index in [1.165, 1.54) is 37.8 Å². The first-order valence-corrected chi connectivity index (χ1v) is 13.3. The van der Waals surface area contributed by atoms with E-state index >= 15 is 0 Å². The second-order valence-corrected chi connectivity index (χ2v) is 10.2. The van der Waals surface area contributed by atoms with Crippen LogP contribution in [-0.2, 0) is 26.1 Å². The molecule has 0 spiro atoms. The number of nitrogens with one attached hydrogen (secondary N) is 1. The number of benzene rings is 3. The van der Waals surface area contributed by atoms with Crippen molar-refractivity contribution in [3.8, 4) is 17.2 Å². The molecular formula is C27H30N2O8S. The summed E-state index contributed by atoms with van der Waals surface area (Å²) in [4.78, 5) is 24.8. The maximum Gasteiger partial charge on any atom is 0.340 e. The van der Waals surface area contributed by atoms with Crippen LogP contribution in [0.1, 0.15) is 21.5 Å². The van der Waals surface area contributed by atoms with E-state index in [2.05, 4.69) is 5.32 Å². The van der Waals surface area contributed by atoms with Crippen molar-refractivity contribution < 1.29 is 37.0 Å². The molecule has 0 saturated heterocycles. The highest BCUT2D eigenvalue weighted by molar-refractivity contribution is 7.92. The number of hydrogen-bond acceptors (Lipinski definition) is 8. The average Bonchev–Trinajstić information content (AvgIpc) is 2.90. The van der Waals surface area contributed by atoms with Crippen LogP contribution < -0.4 is 23.8 Å². The fourth-order valence-corrected chi connectivity index (χ4v) is 4.45. The summed E-state index contributed by atoms with van der Waals surface area (Å²) in [5.41, 5.74) is 2.63. The van der Waals surface area contributed by atoms with Crippen molar-refractivity contribution in [2.24, 2.45) is 0 Å². The van der Waals surface area contributed by atoms with Gasteiger partial charge in [0.15, 0.2) is 18.1 Å². The standard InChI is InChI=1S/C27H30N2O8S/c1-18-6-8-19(9-7-18)16-29(38(5,32)33)20-10-12-21(13-11-20)37-17-26(30)28-23-15-25(35-3)24(34-2)14-22(23)27(31)36-4/h6-15H,16-17H2,1-5H3,(H,28,30). The van der Waals surface area contributed by atoms with E-state index in [-0.39, 0.29) is 24.4 Å². The minimum Gasteiger partial charge on any atom is -0.493 e. The maximum atomic E-state index is 12.6. The Kier molecular flexibility index (Phi) is 9.19. The Morgan fingerprint density at radius 1 is 0.895 bits per heavy atom. The molecular weight excluding hydrogens is 512 g/mol. The van der Waals surface area contributed by atoms with Crippen molar-refractivity contribution in [1.82, 2.24) is 0 Å². The van der Waals surface area contributed by atoms with Crippen LogP contribution in [0.3, 0.4) is 0 Å². The molecule has 3 aromatic carbocycles. The minimum atomic E-state index is -3.55. The first-order valence-electron chi connectivity index (χ1n) is 11.5. The van der Waals surface area contributed by atoms with E-state index in [9.17, 15) is 18.0 Å². The van der Waals surface area contributed by atoms with Crippen LogP contribution in [0.4, 0.5) is 11.4 Å². The Morgan fingerprint density at radius 3 is 2.05 bits per heavy atom. The predicted molar refractivity (Wildman–Crippen MR) is 144 cm³/mol. The van der Waals surface area contributed by atoms with Gasteiger partial charge in [0.2, 0.25) is 10.0 Å². The zero-order valence-corrected chi connectivity index (χ0v) is 22.6. The molecule has 0 radical (unpaired) electrons. The van der Waals surface area contributed by atoms with Gasteiger partial charge >= 0.3 is 5.97 Å². The Hall–Kier alpha value is -4.25. The summed E-state index contributed by atoms with van der Waals surface area (Å²) in [5.74, 6) is -0.239.